The summed E-state index contributed by atoms with van der Waals surface area (Å²) in [7, 11) is 0. The van der Waals surface area contributed by atoms with Crippen LogP contribution < -0.4 is 5.32 Å². The highest BCUT2D eigenvalue weighted by Crippen LogP contribution is 2.39. The van der Waals surface area contributed by atoms with E-state index in [1.165, 1.54) is 43.4 Å². The van der Waals surface area contributed by atoms with Crippen LogP contribution in [0.4, 0.5) is 0 Å². The van der Waals surface area contributed by atoms with Crippen molar-refractivity contribution in [1.82, 2.24) is 10.3 Å². The van der Waals surface area contributed by atoms with E-state index in [4.69, 9.17) is 0 Å². The zero-order valence-electron chi connectivity index (χ0n) is 10.9. The fraction of sp³-hybridized carbons (Fsp3) is 0.667. The number of pyridine rings is 1. The Balaban J connectivity index is 1.68. The molecule has 2 atom stereocenters. The maximum Gasteiger partial charge on any atom is 0.0605 e. The zero-order chi connectivity index (χ0) is 11.9. The second kappa shape index (κ2) is 4.09. The molecular formula is C15H22N2. The largest absolute Gasteiger partial charge is 0.306 e. The highest BCUT2D eigenvalue weighted by Gasteiger charge is 2.33. The van der Waals surface area contributed by atoms with Gasteiger partial charge < -0.3 is 5.32 Å². The van der Waals surface area contributed by atoms with Crippen molar-refractivity contribution in [1.29, 1.82) is 0 Å². The molecule has 1 fully saturated rings. The van der Waals surface area contributed by atoms with E-state index in [9.17, 15) is 0 Å². The van der Waals surface area contributed by atoms with Gasteiger partial charge in [-0.1, -0.05) is 19.9 Å². The van der Waals surface area contributed by atoms with Gasteiger partial charge in [-0.25, -0.2) is 0 Å². The third kappa shape index (κ3) is 2.23. The first-order valence-corrected chi connectivity index (χ1v) is 6.84. The molecule has 92 valence electrons. The van der Waals surface area contributed by atoms with Gasteiger partial charge in [0.05, 0.1) is 11.7 Å². The molecule has 1 aromatic heterocycles. The van der Waals surface area contributed by atoms with E-state index >= 15 is 0 Å². The Labute approximate surface area is 104 Å². The maximum absolute atomic E-state index is 4.56. The van der Waals surface area contributed by atoms with Crippen LogP contribution in [0.15, 0.2) is 18.3 Å². The van der Waals surface area contributed by atoms with Gasteiger partial charge in [-0.3, -0.25) is 4.98 Å². The summed E-state index contributed by atoms with van der Waals surface area (Å²) in [6, 6.07) is 5.48. The van der Waals surface area contributed by atoms with Crippen molar-refractivity contribution < 1.29 is 0 Å². The molecule has 17 heavy (non-hydrogen) atoms. The molecule has 0 aromatic carbocycles. The molecule has 0 aliphatic heterocycles. The van der Waals surface area contributed by atoms with E-state index in [0.29, 0.717) is 17.5 Å². The second-order valence-electron chi connectivity index (χ2n) is 6.41. The molecule has 2 nitrogen and oxygen atoms in total. The summed E-state index contributed by atoms with van der Waals surface area (Å²) in [5, 5.41) is 3.83. The lowest BCUT2D eigenvalue weighted by Gasteiger charge is -2.21. The molecular weight excluding hydrogens is 208 g/mol. The molecule has 3 rings (SSSR count). The van der Waals surface area contributed by atoms with Crippen LogP contribution in [0.3, 0.4) is 0 Å². The van der Waals surface area contributed by atoms with Crippen molar-refractivity contribution in [3.63, 3.8) is 0 Å². The van der Waals surface area contributed by atoms with Crippen LogP contribution in [0.1, 0.15) is 56.8 Å². The monoisotopic (exact) mass is 230 g/mol. The van der Waals surface area contributed by atoms with Crippen molar-refractivity contribution in [3.8, 4) is 0 Å². The quantitative estimate of drug-likeness (QED) is 0.843. The number of aryl methyl sites for hydroxylation is 1. The molecule has 1 N–H and O–H groups in total. The van der Waals surface area contributed by atoms with E-state index in [2.05, 4.69) is 36.3 Å². The lowest BCUT2D eigenvalue weighted by molar-refractivity contribution is 0.351. The molecule has 1 aromatic rings. The van der Waals surface area contributed by atoms with Crippen LogP contribution in [-0.4, -0.2) is 11.0 Å². The number of hydrogen-bond donors (Lipinski definition) is 1. The van der Waals surface area contributed by atoms with Crippen molar-refractivity contribution in [2.75, 3.05) is 0 Å². The highest BCUT2D eigenvalue weighted by molar-refractivity contribution is 5.28. The first-order chi connectivity index (χ1) is 8.14. The average molecular weight is 230 g/mol. The third-order valence-corrected chi connectivity index (χ3v) is 4.36. The predicted molar refractivity (Wildman–Crippen MR) is 69.9 cm³/mol. The number of aromatic nitrogens is 1. The molecule has 1 saturated carbocycles. The lowest BCUT2D eigenvalue weighted by atomic mass is 9.92. The van der Waals surface area contributed by atoms with Crippen LogP contribution in [0.25, 0.3) is 0 Å². The number of hydrogen-bond acceptors (Lipinski definition) is 2. The van der Waals surface area contributed by atoms with Gasteiger partial charge in [0.2, 0.25) is 0 Å². The van der Waals surface area contributed by atoms with Crippen molar-refractivity contribution in [3.05, 3.63) is 29.6 Å². The molecule has 0 saturated heterocycles. The van der Waals surface area contributed by atoms with Crippen LogP contribution in [0, 0.1) is 5.41 Å². The normalized spacial score (nSPS) is 30.5. The molecule has 2 aliphatic rings. The highest BCUT2D eigenvalue weighted by atomic mass is 15.0. The van der Waals surface area contributed by atoms with Crippen LogP contribution in [0.2, 0.25) is 0 Å². The first-order valence-electron chi connectivity index (χ1n) is 6.84. The summed E-state index contributed by atoms with van der Waals surface area (Å²) < 4.78 is 0. The second-order valence-corrected chi connectivity index (χ2v) is 6.41. The average Bonchev–Trinajstić information content (AvgIpc) is 2.84. The van der Waals surface area contributed by atoms with Crippen LogP contribution in [0.5, 0.6) is 0 Å². The Morgan fingerprint density at radius 2 is 2.24 bits per heavy atom. The molecule has 2 heteroatoms. The molecule has 2 unspecified atom stereocenters. The van der Waals surface area contributed by atoms with E-state index in [1.807, 2.05) is 6.20 Å². The minimum absolute atomic E-state index is 0.505. The Morgan fingerprint density at radius 3 is 3.00 bits per heavy atom. The van der Waals surface area contributed by atoms with Gasteiger partial charge in [-0.15, -0.1) is 0 Å². The van der Waals surface area contributed by atoms with E-state index in [-0.39, 0.29) is 0 Å². The van der Waals surface area contributed by atoms with Crippen molar-refractivity contribution in [2.45, 2.75) is 58.0 Å². The SMILES string of the molecule is CC1(C)CCC(NC2CCc3cccnc32)C1. The number of nitrogens with one attached hydrogen (secondary N) is 1. The van der Waals surface area contributed by atoms with Gasteiger partial charge in [-0.2, -0.15) is 0 Å². The van der Waals surface area contributed by atoms with Gasteiger partial charge >= 0.3 is 0 Å². The molecule has 0 spiro atoms. The van der Waals surface area contributed by atoms with Gasteiger partial charge in [0.1, 0.15) is 0 Å². The summed E-state index contributed by atoms with van der Waals surface area (Å²) in [5.74, 6) is 0. The van der Waals surface area contributed by atoms with Gasteiger partial charge in [0.25, 0.3) is 0 Å². The van der Waals surface area contributed by atoms with Crippen molar-refractivity contribution >= 4 is 0 Å². The summed E-state index contributed by atoms with van der Waals surface area (Å²) in [6.45, 7) is 4.77. The summed E-state index contributed by atoms with van der Waals surface area (Å²) in [5.41, 5.74) is 3.28. The fourth-order valence-electron chi connectivity index (χ4n) is 3.44. The van der Waals surface area contributed by atoms with E-state index in [0.717, 1.165) is 0 Å². The Hall–Kier alpha value is -0.890. The molecule has 1 heterocycles. The smallest absolute Gasteiger partial charge is 0.0605 e. The standard InChI is InChI=1S/C15H22N2/c1-15(2)8-7-12(10-15)17-13-6-5-11-4-3-9-16-14(11)13/h3-4,9,12-13,17H,5-8,10H2,1-2H3. The van der Waals surface area contributed by atoms with E-state index in [1.54, 1.807) is 0 Å². The van der Waals surface area contributed by atoms with Crippen LogP contribution >= 0.6 is 0 Å². The van der Waals surface area contributed by atoms with E-state index < -0.39 is 0 Å². The van der Waals surface area contributed by atoms with Gasteiger partial charge in [0, 0.05) is 12.2 Å². The minimum Gasteiger partial charge on any atom is -0.306 e. The summed E-state index contributed by atoms with van der Waals surface area (Å²) in [4.78, 5) is 4.56. The van der Waals surface area contributed by atoms with Crippen molar-refractivity contribution in [2.24, 2.45) is 5.41 Å². The van der Waals surface area contributed by atoms with Gasteiger partial charge in [-0.05, 0) is 49.1 Å². The number of fused-ring (bicyclic) bond motifs is 1. The fourth-order valence-corrected chi connectivity index (χ4v) is 3.44. The Kier molecular flexibility index (Phi) is 2.70. The zero-order valence-corrected chi connectivity index (χ0v) is 10.9. The number of rotatable bonds is 2. The summed E-state index contributed by atoms with van der Waals surface area (Å²) >= 11 is 0. The van der Waals surface area contributed by atoms with Gasteiger partial charge in [0.15, 0.2) is 0 Å². The first kappa shape index (κ1) is 11.2. The topological polar surface area (TPSA) is 24.9 Å². The maximum atomic E-state index is 4.56. The Bertz CT molecular complexity index is 411. The lowest BCUT2D eigenvalue weighted by Crippen LogP contribution is -2.30. The minimum atomic E-state index is 0.505. The predicted octanol–water partition coefficient (Wildman–Crippen LogP) is 3.24. The third-order valence-electron chi connectivity index (χ3n) is 4.36. The number of nitrogens with zero attached hydrogens (tertiary/aromatic N) is 1. The molecule has 2 aliphatic carbocycles. The molecule has 0 radical (unpaired) electrons. The molecule has 0 amide bonds. The van der Waals surface area contributed by atoms with Crippen LogP contribution in [-0.2, 0) is 6.42 Å². The summed E-state index contributed by atoms with van der Waals surface area (Å²) in [6.07, 6.45) is 8.33. The molecule has 0 bridgehead atoms. The Morgan fingerprint density at radius 1 is 1.35 bits per heavy atom.